The van der Waals surface area contributed by atoms with Crippen molar-refractivity contribution in [2.75, 3.05) is 11.9 Å². The second-order valence-electron chi connectivity index (χ2n) is 4.30. The van der Waals surface area contributed by atoms with Gasteiger partial charge in [-0.15, -0.1) is 0 Å². The summed E-state index contributed by atoms with van der Waals surface area (Å²) in [4.78, 5) is 14.0. The molecule has 0 radical (unpaired) electrons. The Hall–Kier alpha value is -0.0500. The first-order valence-electron chi connectivity index (χ1n) is 5.10. The van der Waals surface area contributed by atoms with Crippen LogP contribution in [0.25, 0.3) is 0 Å². The van der Waals surface area contributed by atoms with Gasteiger partial charge in [-0.25, -0.2) is 0 Å². The number of halogens is 1. The molecular formula is C10H16BrNO. The average molecular weight is 246 g/mol. The van der Waals surface area contributed by atoms with Crippen LogP contribution in [-0.2, 0) is 4.79 Å². The predicted molar refractivity (Wildman–Crippen MR) is 55.8 cm³/mol. The van der Waals surface area contributed by atoms with E-state index in [0.29, 0.717) is 23.8 Å². The number of alkyl halides is 1. The van der Waals surface area contributed by atoms with E-state index in [0.717, 1.165) is 18.3 Å². The molecule has 3 heteroatoms. The summed E-state index contributed by atoms with van der Waals surface area (Å²) in [7, 11) is 0. The lowest BCUT2D eigenvalue weighted by molar-refractivity contribution is -0.133. The zero-order chi connectivity index (χ0) is 9.42. The molecule has 1 amide bonds. The molecule has 0 spiro atoms. The first-order chi connectivity index (χ1) is 6.24. The minimum absolute atomic E-state index is 0.361. The summed E-state index contributed by atoms with van der Waals surface area (Å²) in [6, 6.07) is 0.472. The van der Waals surface area contributed by atoms with E-state index >= 15 is 0 Å². The summed E-state index contributed by atoms with van der Waals surface area (Å²) in [5.74, 6) is 1.41. The summed E-state index contributed by atoms with van der Waals surface area (Å²) in [6.45, 7) is 3.15. The van der Waals surface area contributed by atoms with Gasteiger partial charge in [-0.1, -0.05) is 22.9 Å². The smallest absolute Gasteiger partial charge is 0.226 e. The van der Waals surface area contributed by atoms with Crippen LogP contribution in [0.5, 0.6) is 0 Å². The number of hydrogen-bond acceptors (Lipinski definition) is 1. The summed E-state index contributed by atoms with van der Waals surface area (Å²) in [6.07, 6.45) is 3.48. The Labute approximate surface area is 87.8 Å². The van der Waals surface area contributed by atoms with Crippen molar-refractivity contribution in [3.05, 3.63) is 0 Å². The molecule has 0 aromatic rings. The van der Waals surface area contributed by atoms with Crippen LogP contribution in [-0.4, -0.2) is 28.7 Å². The molecule has 0 aromatic carbocycles. The third-order valence-corrected chi connectivity index (χ3v) is 4.01. The van der Waals surface area contributed by atoms with Gasteiger partial charge in [0.15, 0.2) is 0 Å². The standard InChI is InChI=1S/C10H16BrNO/c1-7-5-9(7)10(13)12-4-2-3-8(12)6-11/h7-9H,2-6H2,1H3/t7?,8-,9?/m1/s1. The molecule has 1 aliphatic carbocycles. The van der Waals surface area contributed by atoms with E-state index in [1.165, 1.54) is 12.8 Å². The quantitative estimate of drug-likeness (QED) is 0.683. The van der Waals surface area contributed by atoms with Crippen LogP contribution >= 0.6 is 15.9 Å². The van der Waals surface area contributed by atoms with Gasteiger partial charge < -0.3 is 4.90 Å². The third-order valence-electron chi connectivity index (χ3n) is 3.27. The summed E-state index contributed by atoms with van der Waals surface area (Å²) in [5.41, 5.74) is 0. The number of carbonyl (C=O) groups is 1. The maximum Gasteiger partial charge on any atom is 0.226 e. The average Bonchev–Trinajstić information content (AvgIpc) is 2.70. The first-order valence-corrected chi connectivity index (χ1v) is 6.22. The van der Waals surface area contributed by atoms with Gasteiger partial charge in [-0.2, -0.15) is 0 Å². The first kappa shape index (κ1) is 9.50. The maximum atomic E-state index is 11.9. The summed E-state index contributed by atoms with van der Waals surface area (Å²) < 4.78 is 0. The molecule has 0 N–H and O–H groups in total. The summed E-state index contributed by atoms with van der Waals surface area (Å²) >= 11 is 3.48. The van der Waals surface area contributed by atoms with Gasteiger partial charge in [-0.05, 0) is 25.2 Å². The largest absolute Gasteiger partial charge is 0.339 e. The molecule has 2 fully saturated rings. The van der Waals surface area contributed by atoms with Crippen molar-refractivity contribution in [2.45, 2.75) is 32.2 Å². The SMILES string of the molecule is CC1CC1C(=O)N1CCC[C@@H]1CBr. The molecular weight excluding hydrogens is 230 g/mol. The Morgan fingerprint density at radius 2 is 2.31 bits per heavy atom. The van der Waals surface area contributed by atoms with Crippen LogP contribution in [0.3, 0.4) is 0 Å². The molecule has 2 rings (SSSR count). The lowest BCUT2D eigenvalue weighted by Crippen LogP contribution is -2.37. The van der Waals surface area contributed by atoms with Crippen molar-refractivity contribution in [3.63, 3.8) is 0 Å². The Morgan fingerprint density at radius 1 is 1.62 bits per heavy atom. The van der Waals surface area contributed by atoms with E-state index in [-0.39, 0.29) is 0 Å². The number of amides is 1. The molecule has 3 atom stereocenters. The van der Waals surface area contributed by atoms with Crippen LogP contribution in [0.15, 0.2) is 0 Å². The van der Waals surface area contributed by atoms with Crippen LogP contribution in [0, 0.1) is 11.8 Å². The number of likely N-dealkylation sites (tertiary alicyclic amines) is 1. The van der Waals surface area contributed by atoms with Gasteiger partial charge in [0.25, 0.3) is 0 Å². The molecule has 13 heavy (non-hydrogen) atoms. The monoisotopic (exact) mass is 245 g/mol. The van der Waals surface area contributed by atoms with E-state index in [1.54, 1.807) is 0 Å². The van der Waals surface area contributed by atoms with Crippen LogP contribution in [0.4, 0.5) is 0 Å². The fraction of sp³-hybridized carbons (Fsp3) is 0.900. The number of hydrogen-bond donors (Lipinski definition) is 0. The van der Waals surface area contributed by atoms with Gasteiger partial charge >= 0.3 is 0 Å². The van der Waals surface area contributed by atoms with E-state index in [2.05, 4.69) is 27.8 Å². The fourth-order valence-electron chi connectivity index (χ4n) is 2.17. The predicted octanol–water partition coefficient (Wildman–Crippen LogP) is 2.03. The number of rotatable bonds is 2. The Kier molecular flexibility index (Phi) is 2.63. The lowest BCUT2D eigenvalue weighted by Gasteiger charge is -2.23. The molecule has 0 bridgehead atoms. The van der Waals surface area contributed by atoms with Gasteiger partial charge in [0, 0.05) is 23.8 Å². The zero-order valence-electron chi connectivity index (χ0n) is 8.00. The molecule has 2 unspecified atom stereocenters. The summed E-state index contributed by atoms with van der Waals surface area (Å²) in [5, 5.41) is 0.944. The van der Waals surface area contributed by atoms with Crippen molar-refractivity contribution in [1.29, 1.82) is 0 Å². The van der Waals surface area contributed by atoms with Crippen molar-refractivity contribution >= 4 is 21.8 Å². The molecule has 1 heterocycles. The molecule has 1 aliphatic heterocycles. The highest BCUT2D eigenvalue weighted by Gasteiger charge is 2.43. The zero-order valence-corrected chi connectivity index (χ0v) is 9.59. The molecule has 1 saturated carbocycles. The van der Waals surface area contributed by atoms with E-state index in [9.17, 15) is 4.79 Å². The maximum absolute atomic E-state index is 11.9. The molecule has 1 saturated heterocycles. The Morgan fingerprint density at radius 3 is 2.85 bits per heavy atom. The second-order valence-corrected chi connectivity index (χ2v) is 4.95. The topological polar surface area (TPSA) is 20.3 Å². The highest BCUT2D eigenvalue weighted by Crippen LogP contribution is 2.40. The van der Waals surface area contributed by atoms with E-state index in [1.807, 2.05) is 0 Å². The fourth-order valence-corrected chi connectivity index (χ4v) is 2.84. The minimum Gasteiger partial charge on any atom is -0.339 e. The van der Waals surface area contributed by atoms with Crippen molar-refractivity contribution in [2.24, 2.45) is 11.8 Å². The van der Waals surface area contributed by atoms with Crippen molar-refractivity contribution < 1.29 is 4.79 Å². The van der Waals surface area contributed by atoms with Crippen LogP contribution in [0.2, 0.25) is 0 Å². The Balaban J connectivity index is 1.95. The molecule has 0 aromatic heterocycles. The third kappa shape index (κ3) is 1.76. The van der Waals surface area contributed by atoms with Crippen LogP contribution in [0.1, 0.15) is 26.2 Å². The van der Waals surface area contributed by atoms with Crippen molar-refractivity contribution in [3.8, 4) is 0 Å². The molecule has 2 nitrogen and oxygen atoms in total. The minimum atomic E-state index is 0.361. The normalized spacial score (nSPS) is 38.0. The number of nitrogens with zero attached hydrogens (tertiary/aromatic N) is 1. The lowest BCUT2D eigenvalue weighted by atomic mass is 10.2. The van der Waals surface area contributed by atoms with Gasteiger partial charge in [0.05, 0.1) is 0 Å². The highest BCUT2D eigenvalue weighted by atomic mass is 79.9. The van der Waals surface area contributed by atoms with Crippen molar-refractivity contribution in [1.82, 2.24) is 4.90 Å². The molecule has 2 aliphatic rings. The number of carbonyl (C=O) groups excluding carboxylic acids is 1. The highest BCUT2D eigenvalue weighted by molar-refractivity contribution is 9.09. The van der Waals surface area contributed by atoms with Gasteiger partial charge in [-0.3, -0.25) is 4.79 Å². The van der Waals surface area contributed by atoms with Crippen LogP contribution < -0.4 is 0 Å². The van der Waals surface area contributed by atoms with Gasteiger partial charge in [0.2, 0.25) is 5.91 Å². The van der Waals surface area contributed by atoms with Gasteiger partial charge in [0.1, 0.15) is 0 Å². The van der Waals surface area contributed by atoms with E-state index in [4.69, 9.17) is 0 Å². The second kappa shape index (κ2) is 3.60. The molecule has 74 valence electrons. The Bertz CT molecular complexity index is 219. The van der Waals surface area contributed by atoms with E-state index < -0.39 is 0 Å².